The van der Waals surface area contributed by atoms with Gasteiger partial charge in [-0.1, -0.05) is 35.1 Å². The second-order valence-electron chi connectivity index (χ2n) is 5.72. The molecule has 0 bridgehead atoms. The molecular formula is C17H19N5O2S. The van der Waals surface area contributed by atoms with E-state index in [1.807, 2.05) is 49.6 Å². The highest BCUT2D eigenvalue weighted by Crippen LogP contribution is 2.27. The molecule has 1 atom stereocenters. The molecular weight excluding hydrogens is 338 g/mol. The summed E-state index contributed by atoms with van der Waals surface area (Å²) in [5, 5.41) is 15.2. The first-order valence-corrected chi connectivity index (χ1v) is 8.72. The van der Waals surface area contributed by atoms with Crippen LogP contribution in [0.25, 0.3) is 5.69 Å². The molecule has 0 aliphatic heterocycles. The Morgan fingerprint density at radius 2 is 2.00 bits per heavy atom. The second-order valence-corrected chi connectivity index (χ2v) is 7.03. The highest BCUT2D eigenvalue weighted by Gasteiger charge is 2.21. The van der Waals surface area contributed by atoms with Crippen molar-refractivity contribution in [3.63, 3.8) is 0 Å². The molecule has 3 rings (SSSR count). The molecule has 1 aromatic carbocycles. The quantitative estimate of drug-likeness (QED) is 0.705. The maximum absolute atomic E-state index is 12.4. The third kappa shape index (κ3) is 3.74. The predicted octanol–water partition coefficient (Wildman–Crippen LogP) is 3.30. The van der Waals surface area contributed by atoms with Crippen molar-refractivity contribution in [2.45, 2.75) is 38.1 Å². The third-order valence-corrected chi connectivity index (χ3v) is 4.72. The summed E-state index contributed by atoms with van der Waals surface area (Å²) in [7, 11) is 0. The number of hydrogen-bond acceptors (Lipinski definition) is 6. The molecule has 130 valence electrons. The SMILES string of the molecule is Cc1cc(NC(=O)[C@H](C)Sc2nnc(C)n2-c2ccccc2C)no1. The van der Waals surface area contributed by atoms with Gasteiger partial charge in [0, 0.05) is 6.07 Å². The van der Waals surface area contributed by atoms with Gasteiger partial charge < -0.3 is 9.84 Å². The predicted molar refractivity (Wildman–Crippen MR) is 96.0 cm³/mol. The summed E-state index contributed by atoms with van der Waals surface area (Å²) < 4.78 is 6.92. The maximum atomic E-state index is 12.4. The first kappa shape index (κ1) is 17.2. The number of para-hydroxylation sites is 1. The van der Waals surface area contributed by atoms with Crippen LogP contribution in [-0.4, -0.2) is 31.1 Å². The summed E-state index contributed by atoms with van der Waals surface area (Å²) in [6, 6.07) is 9.68. The van der Waals surface area contributed by atoms with Gasteiger partial charge in [0.1, 0.15) is 11.6 Å². The first-order valence-electron chi connectivity index (χ1n) is 7.84. The molecule has 1 N–H and O–H groups in total. The van der Waals surface area contributed by atoms with Crippen molar-refractivity contribution >= 4 is 23.5 Å². The minimum Gasteiger partial charge on any atom is -0.360 e. The molecule has 0 spiro atoms. The number of nitrogens with one attached hydrogen (secondary N) is 1. The molecule has 0 unspecified atom stereocenters. The van der Waals surface area contributed by atoms with Gasteiger partial charge in [-0.05, 0) is 39.3 Å². The highest BCUT2D eigenvalue weighted by molar-refractivity contribution is 8.00. The Balaban J connectivity index is 1.79. The Morgan fingerprint density at radius 1 is 1.24 bits per heavy atom. The van der Waals surface area contributed by atoms with E-state index in [-0.39, 0.29) is 11.2 Å². The number of aryl methyl sites for hydroxylation is 3. The number of nitrogens with zero attached hydrogens (tertiary/aromatic N) is 4. The third-order valence-electron chi connectivity index (χ3n) is 3.68. The number of amides is 1. The summed E-state index contributed by atoms with van der Waals surface area (Å²) >= 11 is 1.35. The van der Waals surface area contributed by atoms with Crippen molar-refractivity contribution in [3.8, 4) is 5.69 Å². The van der Waals surface area contributed by atoms with Crippen LogP contribution in [0.5, 0.6) is 0 Å². The van der Waals surface area contributed by atoms with E-state index >= 15 is 0 Å². The molecule has 2 aromatic heterocycles. The molecule has 7 nitrogen and oxygen atoms in total. The molecule has 0 saturated heterocycles. The van der Waals surface area contributed by atoms with Crippen molar-refractivity contribution < 1.29 is 9.32 Å². The minimum atomic E-state index is -0.372. The lowest BCUT2D eigenvalue weighted by atomic mass is 10.2. The van der Waals surface area contributed by atoms with Crippen molar-refractivity contribution in [2.75, 3.05) is 5.32 Å². The fourth-order valence-corrected chi connectivity index (χ4v) is 3.28. The van der Waals surface area contributed by atoms with Gasteiger partial charge in [-0.15, -0.1) is 10.2 Å². The first-order chi connectivity index (χ1) is 12.0. The van der Waals surface area contributed by atoms with Gasteiger partial charge in [-0.3, -0.25) is 9.36 Å². The largest absolute Gasteiger partial charge is 0.360 e. The van der Waals surface area contributed by atoms with Crippen LogP contribution in [0.15, 0.2) is 40.0 Å². The standard InChI is InChI=1S/C17H19N5O2S/c1-10-7-5-6-8-14(10)22-13(4)19-20-17(22)25-12(3)16(23)18-15-9-11(2)24-21-15/h5-9,12H,1-4H3,(H,18,21,23)/t12-/m0/s1. The number of carbonyl (C=O) groups is 1. The van der Waals surface area contributed by atoms with Gasteiger partial charge in [-0.25, -0.2) is 0 Å². The molecule has 0 radical (unpaired) electrons. The monoisotopic (exact) mass is 357 g/mol. The molecule has 0 saturated carbocycles. The van der Waals surface area contributed by atoms with Gasteiger partial charge in [0.15, 0.2) is 11.0 Å². The van der Waals surface area contributed by atoms with Gasteiger partial charge >= 0.3 is 0 Å². The molecule has 1 amide bonds. The van der Waals surface area contributed by atoms with E-state index in [4.69, 9.17) is 4.52 Å². The van der Waals surface area contributed by atoms with Crippen molar-refractivity contribution in [1.82, 2.24) is 19.9 Å². The van der Waals surface area contributed by atoms with Crippen molar-refractivity contribution in [1.29, 1.82) is 0 Å². The smallest absolute Gasteiger partial charge is 0.238 e. The zero-order valence-corrected chi connectivity index (χ0v) is 15.3. The Labute approximate surface area is 149 Å². The van der Waals surface area contributed by atoms with E-state index in [0.717, 1.165) is 17.1 Å². The van der Waals surface area contributed by atoms with Crippen molar-refractivity contribution in [2.24, 2.45) is 0 Å². The number of hydrogen-bond donors (Lipinski definition) is 1. The molecule has 0 aliphatic carbocycles. The molecule has 25 heavy (non-hydrogen) atoms. The average Bonchev–Trinajstić information content (AvgIpc) is 3.14. The Hall–Kier alpha value is -2.61. The summed E-state index contributed by atoms with van der Waals surface area (Å²) in [6.45, 7) is 7.52. The zero-order chi connectivity index (χ0) is 18.0. The van der Waals surface area contributed by atoms with Gasteiger partial charge in [0.05, 0.1) is 10.9 Å². The normalized spacial score (nSPS) is 12.2. The number of anilines is 1. The van der Waals surface area contributed by atoms with E-state index in [2.05, 4.69) is 20.7 Å². The lowest BCUT2D eigenvalue weighted by Crippen LogP contribution is -2.23. The van der Waals surface area contributed by atoms with Crippen LogP contribution in [0, 0.1) is 20.8 Å². The van der Waals surface area contributed by atoms with Crippen molar-refractivity contribution in [3.05, 3.63) is 47.5 Å². The topological polar surface area (TPSA) is 85.8 Å². The number of benzene rings is 1. The number of carbonyl (C=O) groups excluding carboxylic acids is 1. The van der Waals surface area contributed by atoms with Crippen LogP contribution in [0.4, 0.5) is 5.82 Å². The van der Waals surface area contributed by atoms with Gasteiger partial charge in [0.25, 0.3) is 0 Å². The fraction of sp³-hybridized carbons (Fsp3) is 0.294. The van der Waals surface area contributed by atoms with Crippen LogP contribution >= 0.6 is 11.8 Å². The summed E-state index contributed by atoms with van der Waals surface area (Å²) in [5.41, 5.74) is 2.12. The van der Waals surface area contributed by atoms with E-state index in [0.29, 0.717) is 16.7 Å². The average molecular weight is 357 g/mol. The van der Waals surface area contributed by atoms with Crippen LogP contribution in [0.1, 0.15) is 24.1 Å². The lowest BCUT2D eigenvalue weighted by Gasteiger charge is -2.13. The Morgan fingerprint density at radius 3 is 2.68 bits per heavy atom. The molecule has 2 heterocycles. The van der Waals surface area contributed by atoms with E-state index in [1.165, 1.54) is 11.8 Å². The van der Waals surface area contributed by atoms with E-state index in [9.17, 15) is 4.79 Å². The fourth-order valence-electron chi connectivity index (χ4n) is 2.38. The molecule has 0 aliphatic rings. The maximum Gasteiger partial charge on any atom is 0.238 e. The molecule has 8 heteroatoms. The van der Waals surface area contributed by atoms with Crippen LogP contribution in [0.3, 0.4) is 0 Å². The zero-order valence-electron chi connectivity index (χ0n) is 14.5. The summed E-state index contributed by atoms with van der Waals surface area (Å²) in [4.78, 5) is 12.4. The minimum absolute atomic E-state index is 0.171. The lowest BCUT2D eigenvalue weighted by molar-refractivity contribution is -0.115. The molecule has 0 fully saturated rings. The summed E-state index contributed by atoms with van der Waals surface area (Å²) in [6.07, 6.45) is 0. The number of rotatable bonds is 5. The Kier molecular flexibility index (Phi) is 4.89. The van der Waals surface area contributed by atoms with E-state index in [1.54, 1.807) is 13.0 Å². The highest BCUT2D eigenvalue weighted by atomic mass is 32.2. The van der Waals surface area contributed by atoms with Crippen LogP contribution in [-0.2, 0) is 4.79 Å². The number of aromatic nitrogens is 4. The van der Waals surface area contributed by atoms with Gasteiger partial charge in [-0.2, -0.15) is 0 Å². The van der Waals surface area contributed by atoms with E-state index < -0.39 is 0 Å². The van der Waals surface area contributed by atoms with Gasteiger partial charge in [0.2, 0.25) is 5.91 Å². The Bertz CT molecular complexity index is 902. The number of thioether (sulfide) groups is 1. The van der Waals surface area contributed by atoms with Crippen LogP contribution < -0.4 is 5.32 Å². The summed E-state index contributed by atoms with van der Waals surface area (Å²) in [5.74, 6) is 1.66. The molecule has 3 aromatic rings. The second kappa shape index (κ2) is 7.10. The van der Waals surface area contributed by atoms with Crippen LogP contribution in [0.2, 0.25) is 0 Å².